The Morgan fingerprint density at radius 2 is 1.68 bits per heavy atom. The third-order valence-electron chi connectivity index (χ3n) is 6.51. The van der Waals surface area contributed by atoms with Gasteiger partial charge in [0.15, 0.2) is 17.9 Å². The second-order valence-corrected chi connectivity index (χ2v) is 11.0. The van der Waals surface area contributed by atoms with Crippen LogP contribution in [0.3, 0.4) is 0 Å². The molecule has 0 aromatic heterocycles. The second kappa shape index (κ2) is 13.8. The molecule has 3 aromatic carbocycles. The number of hydrogen-bond donors (Lipinski definition) is 4. The summed E-state index contributed by atoms with van der Waals surface area (Å²) in [6, 6.07) is 15.0. The van der Waals surface area contributed by atoms with E-state index in [4.69, 9.17) is 14.9 Å². The van der Waals surface area contributed by atoms with Gasteiger partial charge in [-0.25, -0.2) is 18.0 Å². The van der Waals surface area contributed by atoms with Crippen LogP contribution in [0.2, 0.25) is 0 Å². The summed E-state index contributed by atoms with van der Waals surface area (Å²) in [6.45, 7) is 5.73. The standard InChI is InChI=1S/C33H34F3N3O5/c1-33(2,3)44-32(42)28(20-8-5-4-6-9-20)38-16-7-17-43-23-18-25(35)29(26(36)19-23)39-27(40)15-14-24(31(39)37)30(41)21-10-12-22(34)13-11-21/h4-6,8-15,18-19,27-28,37-38,40-41H,7,16-17H2,1-3H3/t27?,28-/m0/s1. The first-order chi connectivity index (χ1) is 20.9. The number of carbonyl (C=O) groups excluding carboxylic acids is 1. The average molecular weight is 610 g/mol. The normalized spacial score (nSPS) is 16.9. The maximum atomic E-state index is 15.3. The molecular weight excluding hydrogens is 575 g/mol. The molecule has 3 aromatic rings. The Kier molecular flexibility index (Phi) is 10.1. The number of nitrogens with one attached hydrogen (secondary N) is 2. The summed E-state index contributed by atoms with van der Waals surface area (Å²) in [4.78, 5) is 13.5. The highest BCUT2D eigenvalue weighted by molar-refractivity contribution is 6.14. The minimum Gasteiger partial charge on any atom is -0.507 e. The molecule has 11 heteroatoms. The maximum Gasteiger partial charge on any atom is 0.328 e. The zero-order chi connectivity index (χ0) is 32.0. The van der Waals surface area contributed by atoms with Gasteiger partial charge in [-0.15, -0.1) is 0 Å². The van der Waals surface area contributed by atoms with Crippen LogP contribution in [-0.2, 0) is 9.53 Å². The smallest absolute Gasteiger partial charge is 0.328 e. The van der Waals surface area contributed by atoms with Crippen molar-refractivity contribution in [3.05, 3.63) is 113 Å². The van der Waals surface area contributed by atoms with E-state index in [2.05, 4.69) is 5.32 Å². The summed E-state index contributed by atoms with van der Waals surface area (Å²) in [5.74, 6) is -4.30. The van der Waals surface area contributed by atoms with E-state index in [1.165, 1.54) is 18.2 Å². The molecule has 0 saturated heterocycles. The van der Waals surface area contributed by atoms with Crippen molar-refractivity contribution in [3.63, 3.8) is 0 Å². The fourth-order valence-electron chi connectivity index (χ4n) is 4.52. The van der Waals surface area contributed by atoms with Crippen molar-refractivity contribution < 1.29 is 37.7 Å². The van der Waals surface area contributed by atoms with Crippen molar-refractivity contribution in [2.45, 2.75) is 45.1 Å². The zero-order valence-corrected chi connectivity index (χ0v) is 24.5. The summed E-state index contributed by atoms with van der Waals surface area (Å²) in [5.41, 5.74) is -0.615. The molecule has 4 rings (SSSR count). The lowest BCUT2D eigenvalue weighted by molar-refractivity contribution is -0.157. The van der Waals surface area contributed by atoms with Crippen LogP contribution in [0.25, 0.3) is 5.76 Å². The lowest BCUT2D eigenvalue weighted by Crippen LogP contribution is -2.43. The van der Waals surface area contributed by atoms with E-state index in [0.717, 1.165) is 35.9 Å². The Hall–Kier alpha value is -4.61. The number of rotatable bonds is 10. The molecule has 2 atom stereocenters. The predicted octanol–water partition coefficient (Wildman–Crippen LogP) is 6.19. The van der Waals surface area contributed by atoms with Crippen molar-refractivity contribution in [3.8, 4) is 5.75 Å². The van der Waals surface area contributed by atoms with Gasteiger partial charge in [0, 0.05) is 17.7 Å². The number of aliphatic hydroxyl groups excluding tert-OH is 2. The number of aliphatic hydroxyl groups is 2. The fraction of sp³-hybridized carbons (Fsp3) is 0.273. The zero-order valence-electron chi connectivity index (χ0n) is 24.5. The van der Waals surface area contributed by atoms with Gasteiger partial charge in [0.25, 0.3) is 0 Å². The van der Waals surface area contributed by atoms with E-state index in [9.17, 15) is 19.4 Å². The van der Waals surface area contributed by atoms with E-state index in [1.807, 2.05) is 30.3 Å². The molecule has 0 bridgehead atoms. The highest BCUT2D eigenvalue weighted by Crippen LogP contribution is 2.34. The third-order valence-corrected chi connectivity index (χ3v) is 6.51. The monoisotopic (exact) mass is 609 g/mol. The largest absolute Gasteiger partial charge is 0.507 e. The summed E-state index contributed by atoms with van der Waals surface area (Å²) in [6.07, 6.45) is 1.18. The molecule has 4 N–H and O–H groups in total. The first-order valence-electron chi connectivity index (χ1n) is 13.9. The lowest BCUT2D eigenvalue weighted by atomic mass is 10.0. The molecule has 0 aliphatic carbocycles. The van der Waals surface area contributed by atoms with Crippen LogP contribution in [0.15, 0.2) is 84.5 Å². The van der Waals surface area contributed by atoms with Gasteiger partial charge in [-0.2, -0.15) is 0 Å². The van der Waals surface area contributed by atoms with Gasteiger partial charge in [-0.05, 0) is 75.7 Å². The first kappa shape index (κ1) is 32.3. The van der Waals surface area contributed by atoms with Gasteiger partial charge in [0.2, 0.25) is 0 Å². The number of carbonyl (C=O) groups is 1. The molecule has 1 aliphatic heterocycles. The highest BCUT2D eigenvalue weighted by Gasteiger charge is 2.32. The number of ether oxygens (including phenoxy) is 2. The Bertz CT molecular complexity index is 1530. The molecule has 44 heavy (non-hydrogen) atoms. The summed E-state index contributed by atoms with van der Waals surface area (Å²) < 4.78 is 54.9. The molecule has 232 valence electrons. The molecule has 1 heterocycles. The highest BCUT2D eigenvalue weighted by atomic mass is 19.1. The van der Waals surface area contributed by atoms with Gasteiger partial charge >= 0.3 is 5.97 Å². The number of anilines is 1. The van der Waals surface area contributed by atoms with Gasteiger partial charge in [-0.1, -0.05) is 30.3 Å². The average Bonchev–Trinajstić information content (AvgIpc) is 2.96. The van der Waals surface area contributed by atoms with Crippen LogP contribution < -0.4 is 15.0 Å². The van der Waals surface area contributed by atoms with E-state index in [0.29, 0.717) is 17.9 Å². The van der Waals surface area contributed by atoms with Crippen LogP contribution in [0.4, 0.5) is 18.9 Å². The van der Waals surface area contributed by atoms with E-state index >= 15 is 8.78 Å². The molecule has 0 fully saturated rings. The SMILES string of the molecule is CC(C)(C)OC(=O)[C@@H](NCCCOc1cc(F)c(N2C(=N)C(=C(O)c3ccc(F)cc3)C=CC2O)c(F)c1)c1ccccc1. The molecule has 8 nitrogen and oxygen atoms in total. The quantitative estimate of drug-likeness (QED) is 0.123. The lowest BCUT2D eigenvalue weighted by Gasteiger charge is -2.33. The number of hydrogen-bond acceptors (Lipinski definition) is 7. The molecule has 1 unspecified atom stereocenters. The molecule has 0 spiro atoms. The van der Waals surface area contributed by atoms with E-state index < -0.39 is 58.6 Å². The van der Waals surface area contributed by atoms with Gasteiger partial charge in [0.05, 0.1) is 12.2 Å². The van der Waals surface area contributed by atoms with Crippen LogP contribution in [0.5, 0.6) is 5.75 Å². The topological polar surface area (TPSA) is 115 Å². The second-order valence-electron chi connectivity index (χ2n) is 11.0. The summed E-state index contributed by atoms with van der Waals surface area (Å²) >= 11 is 0. The number of benzene rings is 3. The molecule has 0 amide bonds. The molecular formula is C33H34F3N3O5. The minimum absolute atomic E-state index is 0.0599. The third kappa shape index (κ3) is 7.86. The van der Waals surface area contributed by atoms with Crippen molar-refractivity contribution in [1.82, 2.24) is 5.32 Å². The van der Waals surface area contributed by atoms with Crippen molar-refractivity contribution in [2.75, 3.05) is 18.1 Å². The molecule has 0 saturated carbocycles. The predicted molar refractivity (Wildman–Crippen MR) is 161 cm³/mol. The summed E-state index contributed by atoms with van der Waals surface area (Å²) in [5, 5.41) is 32.8. The van der Waals surface area contributed by atoms with Crippen LogP contribution >= 0.6 is 0 Å². The first-order valence-corrected chi connectivity index (χ1v) is 13.9. The Morgan fingerprint density at radius 1 is 1.05 bits per heavy atom. The van der Waals surface area contributed by atoms with E-state index in [1.54, 1.807) is 20.8 Å². The summed E-state index contributed by atoms with van der Waals surface area (Å²) in [7, 11) is 0. The van der Waals surface area contributed by atoms with Crippen molar-refractivity contribution in [2.24, 2.45) is 0 Å². The Balaban J connectivity index is 1.42. The van der Waals surface area contributed by atoms with Gasteiger partial charge < -0.3 is 25.0 Å². The van der Waals surface area contributed by atoms with Gasteiger partial charge in [-0.3, -0.25) is 10.3 Å². The Morgan fingerprint density at radius 3 is 2.30 bits per heavy atom. The Labute approximate surface area is 253 Å². The van der Waals surface area contributed by atoms with Crippen molar-refractivity contribution in [1.29, 1.82) is 5.41 Å². The van der Waals surface area contributed by atoms with Gasteiger partial charge in [0.1, 0.15) is 40.5 Å². The fourth-order valence-corrected chi connectivity index (χ4v) is 4.52. The maximum absolute atomic E-state index is 15.3. The number of esters is 1. The van der Waals surface area contributed by atoms with E-state index in [-0.39, 0.29) is 23.5 Å². The van der Waals surface area contributed by atoms with Crippen molar-refractivity contribution >= 4 is 23.3 Å². The number of amidine groups is 1. The molecule has 0 radical (unpaired) electrons. The molecule has 1 aliphatic rings. The number of halogens is 3. The van der Waals surface area contributed by atoms with Crippen LogP contribution in [-0.4, -0.2) is 47.0 Å². The number of nitrogens with zero attached hydrogens (tertiary/aromatic N) is 1. The van der Waals surface area contributed by atoms with Crippen LogP contribution in [0.1, 0.15) is 44.4 Å². The minimum atomic E-state index is -1.60. The van der Waals surface area contributed by atoms with Crippen LogP contribution in [0, 0.1) is 22.9 Å².